The van der Waals surface area contributed by atoms with E-state index in [1.54, 1.807) is 0 Å². The summed E-state index contributed by atoms with van der Waals surface area (Å²) in [5.74, 6) is -3.36. The molecule has 5 unspecified atom stereocenters. The van der Waals surface area contributed by atoms with E-state index in [9.17, 15) is 39.5 Å². The number of anilines is 1. The van der Waals surface area contributed by atoms with Crippen molar-refractivity contribution in [2.75, 3.05) is 18.5 Å². The van der Waals surface area contributed by atoms with Crippen LogP contribution in [0.4, 0.5) is 11.4 Å². The lowest BCUT2D eigenvalue weighted by molar-refractivity contribution is -0.384. The number of hydrogen-bond donors (Lipinski definition) is 9. The first-order valence-electron chi connectivity index (χ1n) is 13.2. The number of nitrogens with two attached hydrogens (primary N) is 3. The molecule has 0 spiro atoms. The fourth-order valence-electron chi connectivity index (χ4n) is 3.68. The van der Waals surface area contributed by atoms with E-state index in [1.807, 2.05) is 13.8 Å². The number of aliphatic hydroxyl groups is 2. The van der Waals surface area contributed by atoms with Gasteiger partial charge < -0.3 is 48.7 Å². The number of nitro benzene ring substituents is 1. The highest BCUT2D eigenvalue weighted by Gasteiger charge is 2.32. The third-order valence-electron chi connectivity index (χ3n) is 5.86. The zero-order valence-electron chi connectivity index (χ0n) is 23.8. The van der Waals surface area contributed by atoms with E-state index in [0.717, 1.165) is 0 Å². The highest BCUT2D eigenvalue weighted by Crippen LogP contribution is 2.16. The average Bonchev–Trinajstić information content (AvgIpc) is 2.90. The van der Waals surface area contributed by atoms with E-state index < -0.39 is 65.4 Å². The molecule has 42 heavy (non-hydrogen) atoms. The topological polar surface area (TPSA) is 290 Å². The van der Waals surface area contributed by atoms with E-state index in [1.165, 1.54) is 31.2 Å². The highest BCUT2D eigenvalue weighted by atomic mass is 16.6. The third kappa shape index (κ3) is 12.4. The highest BCUT2D eigenvalue weighted by molar-refractivity contribution is 5.99. The molecule has 17 heteroatoms. The molecule has 0 fully saturated rings. The SMILES string of the molecule is CC(C)CC(N)C(=O)NC(CO)C(=O)NC(C(=O)NC(CCCN=C(N)N)C(=O)Nc1ccc([N+](=O)[O-])cc1)C(C)O. The molecule has 0 saturated carbocycles. The predicted octanol–water partition coefficient (Wildman–Crippen LogP) is -2.21. The van der Waals surface area contributed by atoms with E-state index >= 15 is 0 Å². The number of carbonyl (C=O) groups excluding carboxylic acids is 4. The number of aliphatic hydroxyl groups excluding tert-OH is 2. The summed E-state index contributed by atoms with van der Waals surface area (Å²) in [5, 5.41) is 40.4. The molecule has 4 amide bonds. The van der Waals surface area contributed by atoms with E-state index in [4.69, 9.17) is 17.2 Å². The number of benzene rings is 1. The maximum absolute atomic E-state index is 13.1. The van der Waals surface area contributed by atoms with Gasteiger partial charge in [0.2, 0.25) is 23.6 Å². The van der Waals surface area contributed by atoms with Gasteiger partial charge in [-0.1, -0.05) is 13.8 Å². The van der Waals surface area contributed by atoms with Crippen LogP contribution in [0.15, 0.2) is 29.3 Å². The van der Waals surface area contributed by atoms with Crippen LogP contribution in [0.3, 0.4) is 0 Å². The van der Waals surface area contributed by atoms with Crippen LogP contribution in [0.5, 0.6) is 0 Å². The van der Waals surface area contributed by atoms with Crippen LogP contribution in [0.25, 0.3) is 0 Å². The van der Waals surface area contributed by atoms with Crippen molar-refractivity contribution in [3.8, 4) is 0 Å². The quantitative estimate of drug-likeness (QED) is 0.0306. The first-order valence-corrected chi connectivity index (χ1v) is 13.2. The fraction of sp³-hybridized carbons (Fsp3) is 0.560. The van der Waals surface area contributed by atoms with E-state index in [2.05, 4.69) is 26.3 Å². The number of carbonyl (C=O) groups is 4. The third-order valence-corrected chi connectivity index (χ3v) is 5.86. The van der Waals surface area contributed by atoms with Gasteiger partial charge in [-0.3, -0.25) is 34.3 Å². The molecule has 17 nitrogen and oxygen atoms in total. The number of amides is 4. The molecule has 12 N–H and O–H groups in total. The van der Waals surface area contributed by atoms with Gasteiger partial charge in [0, 0.05) is 24.4 Å². The molecular weight excluding hydrogens is 554 g/mol. The molecule has 5 atom stereocenters. The lowest BCUT2D eigenvalue weighted by Gasteiger charge is -2.26. The van der Waals surface area contributed by atoms with Crippen LogP contribution < -0.4 is 38.5 Å². The number of hydrogen-bond acceptors (Lipinski definition) is 10. The van der Waals surface area contributed by atoms with Crippen molar-refractivity contribution in [3.63, 3.8) is 0 Å². The van der Waals surface area contributed by atoms with Gasteiger partial charge in [0.1, 0.15) is 18.1 Å². The number of nitrogens with one attached hydrogen (secondary N) is 4. The van der Waals surface area contributed by atoms with Crippen molar-refractivity contribution in [2.45, 2.75) is 70.3 Å². The van der Waals surface area contributed by atoms with Crippen LogP contribution in [0.2, 0.25) is 0 Å². The number of nitrogens with zero attached hydrogens (tertiary/aromatic N) is 2. The monoisotopic (exact) mass is 595 g/mol. The Balaban J connectivity index is 3.03. The Morgan fingerprint density at radius 3 is 2.05 bits per heavy atom. The molecule has 1 aromatic rings. The summed E-state index contributed by atoms with van der Waals surface area (Å²) >= 11 is 0. The number of aliphatic imine (C=N–C) groups is 1. The van der Waals surface area contributed by atoms with Crippen molar-refractivity contribution in [1.82, 2.24) is 16.0 Å². The lowest BCUT2D eigenvalue weighted by Crippen LogP contribution is -2.60. The zero-order chi connectivity index (χ0) is 32.0. The van der Waals surface area contributed by atoms with Gasteiger partial charge in [-0.25, -0.2) is 0 Å². The number of guanidine groups is 1. The summed E-state index contributed by atoms with van der Waals surface area (Å²) in [7, 11) is 0. The largest absolute Gasteiger partial charge is 0.394 e. The number of rotatable bonds is 17. The summed E-state index contributed by atoms with van der Waals surface area (Å²) < 4.78 is 0. The van der Waals surface area contributed by atoms with E-state index in [-0.39, 0.29) is 42.6 Å². The molecule has 0 aromatic heterocycles. The minimum Gasteiger partial charge on any atom is -0.394 e. The molecule has 0 radical (unpaired) electrons. The van der Waals surface area contributed by atoms with Gasteiger partial charge in [-0.2, -0.15) is 0 Å². The summed E-state index contributed by atoms with van der Waals surface area (Å²) in [6.45, 7) is 4.25. The van der Waals surface area contributed by atoms with Gasteiger partial charge in [-0.15, -0.1) is 0 Å². The average molecular weight is 596 g/mol. The molecule has 0 aliphatic carbocycles. The van der Waals surface area contributed by atoms with Crippen LogP contribution in [-0.4, -0.2) is 88.1 Å². The molecule has 234 valence electrons. The van der Waals surface area contributed by atoms with Crippen LogP contribution in [0.1, 0.15) is 40.0 Å². The Morgan fingerprint density at radius 2 is 1.55 bits per heavy atom. The first-order chi connectivity index (χ1) is 19.7. The Bertz CT molecular complexity index is 1110. The molecular formula is C25H41N9O8. The maximum Gasteiger partial charge on any atom is 0.269 e. The Kier molecular flexibility index (Phi) is 14.8. The Morgan fingerprint density at radius 1 is 0.952 bits per heavy atom. The second kappa shape index (κ2) is 17.5. The molecule has 1 aromatic carbocycles. The predicted molar refractivity (Wildman–Crippen MR) is 154 cm³/mol. The van der Waals surface area contributed by atoms with Crippen molar-refractivity contribution in [2.24, 2.45) is 28.1 Å². The van der Waals surface area contributed by atoms with Gasteiger partial charge in [0.25, 0.3) is 5.69 Å². The standard InChI is InChI=1S/C25H41N9O8/c1-13(2)11-17(26)21(37)32-19(12-35)23(39)33-20(14(3)36)24(40)31-18(5-4-10-29-25(27)28)22(38)30-15-6-8-16(9-7-15)34(41)42/h6-9,13-14,17-20,35-36H,4-5,10-12,26H2,1-3H3,(H,30,38)(H,31,40)(H,32,37)(H,33,39)(H4,27,28,29). The minimum atomic E-state index is -1.58. The number of non-ortho nitro benzene ring substituents is 1. The molecule has 1 rings (SSSR count). The maximum atomic E-state index is 13.1. The van der Waals surface area contributed by atoms with Crippen molar-refractivity contribution in [1.29, 1.82) is 0 Å². The fourth-order valence-corrected chi connectivity index (χ4v) is 3.68. The Hall–Kier alpha value is -4.35. The molecule has 0 saturated heterocycles. The summed E-state index contributed by atoms with van der Waals surface area (Å²) in [6, 6.07) is -0.197. The van der Waals surface area contributed by atoms with Crippen molar-refractivity contribution >= 4 is 41.0 Å². The van der Waals surface area contributed by atoms with Crippen LogP contribution >= 0.6 is 0 Å². The van der Waals surface area contributed by atoms with Gasteiger partial charge in [0.05, 0.1) is 23.7 Å². The van der Waals surface area contributed by atoms with Crippen LogP contribution in [0, 0.1) is 16.0 Å². The van der Waals surface area contributed by atoms with Crippen molar-refractivity contribution in [3.05, 3.63) is 34.4 Å². The van der Waals surface area contributed by atoms with Gasteiger partial charge >= 0.3 is 0 Å². The zero-order valence-corrected chi connectivity index (χ0v) is 23.8. The molecule has 0 heterocycles. The lowest BCUT2D eigenvalue weighted by atomic mass is 10.0. The van der Waals surface area contributed by atoms with Gasteiger partial charge in [0.15, 0.2) is 5.96 Å². The Labute approximate surface area is 242 Å². The van der Waals surface area contributed by atoms with Gasteiger partial charge in [-0.05, 0) is 44.2 Å². The minimum absolute atomic E-state index is 0.0326. The van der Waals surface area contributed by atoms with E-state index in [0.29, 0.717) is 6.42 Å². The number of nitro groups is 1. The second-order valence-corrected chi connectivity index (χ2v) is 10.0. The molecule has 0 bridgehead atoms. The smallest absolute Gasteiger partial charge is 0.269 e. The summed E-state index contributed by atoms with van der Waals surface area (Å²) in [6.07, 6.45) is -0.841. The normalized spacial score (nSPS) is 14.5. The molecule has 0 aliphatic heterocycles. The molecule has 0 aliphatic rings. The van der Waals surface area contributed by atoms with Crippen LogP contribution in [-0.2, 0) is 19.2 Å². The first kappa shape index (κ1) is 35.7. The van der Waals surface area contributed by atoms with Crippen molar-refractivity contribution < 1.29 is 34.3 Å². The summed E-state index contributed by atoms with van der Waals surface area (Å²) in [4.78, 5) is 65.4. The second-order valence-electron chi connectivity index (χ2n) is 10.0. The summed E-state index contributed by atoms with van der Waals surface area (Å²) in [5.41, 5.74) is 16.5.